The SMILES string of the molecule is CC(c1nccnc1N)N(C)c1nc(OCC2(CN3CCOCC3)CC2)nc(N2CC3(CCc4sc(N)c(C#N)c43)C2)c1C#N. The first-order valence-electron chi connectivity index (χ1n) is 15.4. The van der Waals surface area contributed by atoms with E-state index in [0.717, 1.165) is 64.1 Å². The summed E-state index contributed by atoms with van der Waals surface area (Å²) in [6.45, 7) is 8.05. The number of rotatable bonds is 9. The van der Waals surface area contributed by atoms with Gasteiger partial charge in [-0.3, -0.25) is 9.88 Å². The van der Waals surface area contributed by atoms with Gasteiger partial charge >= 0.3 is 6.01 Å². The first kappa shape index (κ1) is 29.5. The number of nitrogens with two attached hydrogens (primary N) is 2. The van der Waals surface area contributed by atoms with Crippen molar-refractivity contribution in [2.45, 2.75) is 44.1 Å². The normalized spacial score (nSPS) is 20.1. The highest BCUT2D eigenvalue weighted by Crippen LogP contribution is 2.53. The van der Waals surface area contributed by atoms with Gasteiger partial charge in [0.15, 0.2) is 11.6 Å². The summed E-state index contributed by atoms with van der Waals surface area (Å²) in [5, 5.41) is 21.0. The summed E-state index contributed by atoms with van der Waals surface area (Å²) in [4.78, 5) is 26.0. The lowest BCUT2D eigenvalue weighted by Crippen LogP contribution is -2.59. The molecule has 234 valence electrons. The molecule has 0 bridgehead atoms. The van der Waals surface area contributed by atoms with Gasteiger partial charge in [0.2, 0.25) is 0 Å². The van der Waals surface area contributed by atoms with Gasteiger partial charge in [-0.25, -0.2) is 4.98 Å². The number of ether oxygens (including phenoxy) is 2. The maximum atomic E-state index is 10.5. The number of aryl methyl sites for hydroxylation is 1. The molecule has 1 saturated carbocycles. The van der Waals surface area contributed by atoms with E-state index in [0.29, 0.717) is 59.0 Å². The van der Waals surface area contributed by atoms with E-state index in [9.17, 15) is 10.5 Å². The highest BCUT2D eigenvalue weighted by Gasteiger charge is 2.52. The van der Waals surface area contributed by atoms with Crippen molar-refractivity contribution in [3.8, 4) is 18.1 Å². The van der Waals surface area contributed by atoms with Crippen LogP contribution in [0.2, 0.25) is 0 Å². The number of nitrogen functional groups attached to an aromatic ring is 2. The Bertz CT molecular complexity index is 1700. The second kappa shape index (κ2) is 11.3. The van der Waals surface area contributed by atoms with Crippen LogP contribution in [0, 0.1) is 28.1 Å². The van der Waals surface area contributed by atoms with Crippen LogP contribution in [0.4, 0.5) is 22.5 Å². The Morgan fingerprint density at radius 1 is 1.09 bits per heavy atom. The van der Waals surface area contributed by atoms with Gasteiger partial charge in [0.1, 0.15) is 34.2 Å². The third kappa shape index (κ3) is 5.17. The topological polar surface area (TPSA) is 179 Å². The fraction of sp³-hybridized carbons (Fsp3) is 0.548. The van der Waals surface area contributed by atoms with Crippen LogP contribution < -0.4 is 26.0 Å². The van der Waals surface area contributed by atoms with E-state index < -0.39 is 0 Å². The molecule has 3 aromatic heterocycles. The summed E-state index contributed by atoms with van der Waals surface area (Å²) in [6.07, 6.45) is 7.18. The number of nitrogens with zero attached hydrogens (tertiary/aromatic N) is 9. The first-order chi connectivity index (χ1) is 21.8. The van der Waals surface area contributed by atoms with Gasteiger partial charge in [-0.15, -0.1) is 11.3 Å². The van der Waals surface area contributed by atoms with Gasteiger partial charge in [0, 0.05) is 67.9 Å². The monoisotopic (exact) mass is 627 g/mol. The standard InChI is InChI=1S/C31H37N11O2S/c1-19(24-25(34)37-8-7-36-24)40(2)27-21(14-33)28(42-16-31(17-42)4-3-22-23(31)20(13-32)26(35)45-22)39-29(38-27)44-18-30(5-6-30)15-41-9-11-43-12-10-41/h7-8,19H,3-6,9-12,15-18,35H2,1-2H3,(H2,34,37). The van der Waals surface area contributed by atoms with Crippen LogP contribution in [0.3, 0.4) is 0 Å². The van der Waals surface area contributed by atoms with E-state index in [4.69, 9.17) is 30.9 Å². The van der Waals surface area contributed by atoms with Crippen molar-refractivity contribution in [1.82, 2.24) is 24.8 Å². The Balaban J connectivity index is 1.20. The van der Waals surface area contributed by atoms with Crippen LogP contribution in [0.15, 0.2) is 12.4 Å². The second-order valence-electron chi connectivity index (χ2n) is 12.8. The summed E-state index contributed by atoms with van der Waals surface area (Å²) >= 11 is 1.52. The van der Waals surface area contributed by atoms with Gasteiger partial charge in [-0.1, -0.05) is 0 Å². The Morgan fingerprint density at radius 3 is 2.51 bits per heavy atom. The molecule has 2 aliphatic heterocycles. The molecule has 1 atom stereocenters. The molecule has 1 unspecified atom stereocenters. The molecular weight excluding hydrogens is 590 g/mol. The Morgan fingerprint density at radius 2 is 1.82 bits per heavy atom. The zero-order valence-corrected chi connectivity index (χ0v) is 26.4. The van der Waals surface area contributed by atoms with Crippen molar-refractivity contribution in [2.75, 3.05) is 80.9 Å². The van der Waals surface area contributed by atoms with Crippen LogP contribution in [0.25, 0.3) is 0 Å². The molecule has 3 aromatic rings. The third-order valence-corrected chi connectivity index (χ3v) is 11.0. The molecule has 7 rings (SSSR count). The lowest BCUT2D eigenvalue weighted by atomic mass is 9.74. The molecule has 1 spiro atoms. The summed E-state index contributed by atoms with van der Waals surface area (Å²) in [5.41, 5.74) is 14.9. The van der Waals surface area contributed by atoms with Gasteiger partial charge < -0.3 is 30.7 Å². The summed E-state index contributed by atoms with van der Waals surface area (Å²) in [7, 11) is 1.87. The highest BCUT2D eigenvalue weighted by molar-refractivity contribution is 7.16. The molecular formula is C31H37N11O2S. The van der Waals surface area contributed by atoms with Crippen molar-refractivity contribution in [3.05, 3.63) is 39.7 Å². The lowest BCUT2D eigenvalue weighted by molar-refractivity contribution is 0.0231. The number of hydrogen-bond acceptors (Lipinski definition) is 14. The molecule has 0 amide bonds. The number of thiophene rings is 1. The molecule has 2 aliphatic carbocycles. The van der Waals surface area contributed by atoms with E-state index in [2.05, 4.69) is 31.9 Å². The minimum absolute atomic E-state index is 0.0653. The van der Waals surface area contributed by atoms with Crippen molar-refractivity contribution in [2.24, 2.45) is 5.41 Å². The van der Waals surface area contributed by atoms with Gasteiger partial charge in [0.05, 0.1) is 31.4 Å². The van der Waals surface area contributed by atoms with Crippen LogP contribution in [-0.2, 0) is 16.6 Å². The number of anilines is 4. The zero-order chi connectivity index (χ0) is 31.3. The lowest BCUT2D eigenvalue weighted by Gasteiger charge is -2.49. The average molecular weight is 628 g/mol. The van der Waals surface area contributed by atoms with Gasteiger partial charge in [-0.05, 0) is 38.2 Å². The van der Waals surface area contributed by atoms with Crippen LogP contribution in [-0.4, -0.2) is 84.4 Å². The number of fused-ring (bicyclic) bond motifs is 2. The predicted octanol–water partition coefficient (Wildman–Crippen LogP) is 2.63. The van der Waals surface area contributed by atoms with E-state index in [1.165, 1.54) is 16.2 Å². The predicted molar refractivity (Wildman–Crippen MR) is 170 cm³/mol. The minimum atomic E-state index is -0.329. The highest BCUT2D eigenvalue weighted by atomic mass is 32.1. The van der Waals surface area contributed by atoms with Crippen LogP contribution >= 0.6 is 11.3 Å². The van der Waals surface area contributed by atoms with E-state index in [1.807, 2.05) is 18.9 Å². The summed E-state index contributed by atoms with van der Waals surface area (Å²) in [6, 6.07) is 4.64. The molecule has 14 heteroatoms. The molecule has 2 saturated heterocycles. The largest absolute Gasteiger partial charge is 0.463 e. The fourth-order valence-corrected chi connectivity index (χ4v) is 8.20. The zero-order valence-electron chi connectivity index (χ0n) is 25.6. The van der Waals surface area contributed by atoms with Crippen molar-refractivity contribution in [3.63, 3.8) is 0 Å². The molecule has 0 aromatic carbocycles. The van der Waals surface area contributed by atoms with E-state index in [1.54, 1.807) is 12.4 Å². The van der Waals surface area contributed by atoms with Gasteiger partial charge in [-0.2, -0.15) is 20.5 Å². The molecule has 45 heavy (non-hydrogen) atoms. The Hall–Kier alpha value is -4.24. The van der Waals surface area contributed by atoms with Crippen molar-refractivity contribution >= 4 is 33.8 Å². The van der Waals surface area contributed by atoms with E-state index in [-0.39, 0.29) is 22.9 Å². The maximum absolute atomic E-state index is 10.5. The average Bonchev–Trinajstić information content (AvgIpc) is 3.58. The Labute approximate surface area is 266 Å². The number of aromatic nitrogens is 4. The molecule has 4 aliphatic rings. The Kier molecular flexibility index (Phi) is 7.39. The maximum Gasteiger partial charge on any atom is 0.320 e. The number of nitriles is 2. The first-order valence-corrected chi connectivity index (χ1v) is 16.2. The minimum Gasteiger partial charge on any atom is -0.463 e. The quantitative estimate of drug-likeness (QED) is 0.354. The van der Waals surface area contributed by atoms with Crippen LogP contribution in [0.1, 0.15) is 59.5 Å². The number of morpholine rings is 1. The van der Waals surface area contributed by atoms with Gasteiger partial charge in [0.25, 0.3) is 0 Å². The van der Waals surface area contributed by atoms with Crippen molar-refractivity contribution in [1.29, 1.82) is 10.5 Å². The summed E-state index contributed by atoms with van der Waals surface area (Å²) in [5.74, 6) is 1.30. The second-order valence-corrected chi connectivity index (χ2v) is 14.0. The molecule has 13 nitrogen and oxygen atoms in total. The van der Waals surface area contributed by atoms with E-state index >= 15 is 0 Å². The van der Waals surface area contributed by atoms with Crippen LogP contribution in [0.5, 0.6) is 6.01 Å². The fourth-order valence-electron chi connectivity index (χ4n) is 7.06. The molecule has 3 fully saturated rings. The molecule has 5 heterocycles. The smallest absolute Gasteiger partial charge is 0.320 e. The third-order valence-electron chi connectivity index (χ3n) is 9.92. The number of hydrogen-bond donors (Lipinski definition) is 2. The molecule has 4 N–H and O–H groups in total. The molecule has 0 radical (unpaired) electrons. The summed E-state index contributed by atoms with van der Waals surface area (Å²) < 4.78 is 11.9. The van der Waals surface area contributed by atoms with Crippen molar-refractivity contribution < 1.29 is 9.47 Å².